The van der Waals surface area contributed by atoms with Gasteiger partial charge in [0.15, 0.2) is 6.61 Å². The number of hydrogen-bond acceptors (Lipinski definition) is 4. The van der Waals surface area contributed by atoms with E-state index in [1.165, 1.54) is 19.2 Å². The van der Waals surface area contributed by atoms with Crippen molar-refractivity contribution in [1.29, 1.82) is 0 Å². The summed E-state index contributed by atoms with van der Waals surface area (Å²) < 4.78 is 23.9. The molecule has 0 bridgehead atoms. The summed E-state index contributed by atoms with van der Waals surface area (Å²) in [6.45, 7) is -0.517. The van der Waals surface area contributed by atoms with Gasteiger partial charge in [0.2, 0.25) is 0 Å². The van der Waals surface area contributed by atoms with Crippen molar-refractivity contribution in [1.82, 2.24) is 0 Å². The van der Waals surface area contributed by atoms with Crippen LogP contribution in [-0.4, -0.2) is 25.6 Å². The molecule has 0 aromatic heterocycles. The number of benzene rings is 2. The molecule has 2 aromatic carbocycles. The Bertz CT molecular complexity index is 719. The number of carbonyl (C=O) groups excluding carboxylic acids is 2. The third-order valence-corrected chi connectivity index (χ3v) is 3.35. The van der Waals surface area contributed by atoms with Gasteiger partial charge in [0.25, 0.3) is 5.91 Å². The van der Waals surface area contributed by atoms with Gasteiger partial charge in [-0.25, -0.2) is 9.18 Å². The molecule has 1 N–H and O–H groups in total. The molecule has 23 heavy (non-hydrogen) atoms. The molecule has 0 aliphatic carbocycles. The van der Waals surface area contributed by atoms with E-state index in [-0.39, 0.29) is 5.56 Å². The van der Waals surface area contributed by atoms with Crippen LogP contribution in [0.15, 0.2) is 46.9 Å². The van der Waals surface area contributed by atoms with E-state index in [4.69, 9.17) is 9.47 Å². The lowest BCUT2D eigenvalue weighted by atomic mass is 10.2. The number of esters is 1. The topological polar surface area (TPSA) is 64.6 Å². The van der Waals surface area contributed by atoms with Gasteiger partial charge < -0.3 is 14.8 Å². The van der Waals surface area contributed by atoms with Gasteiger partial charge in [-0.3, -0.25) is 4.79 Å². The van der Waals surface area contributed by atoms with E-state index in [9.17, 15) is 14.0 Å². The van der Waals surface area contributed by atoms with E-state index in [0.29, 0.717) is 15.9 Å². The van der Waals surface area contributed by atoms with Gasteiger partial charge in [0.1, 0.15) is 11.6 Å². The minimum absolute atomic E-state index is 0.239. The van der Waals surface area contributed by atoms with Crippen LogP contribution in [0.2, 0.25) is 0 Å². The van der Waals surface area contributed by atoms with Crippen molar-refractivity contribution in [2.45, 2.75) is 0 Å². The molecule has 0 radical (unpaired) electrons. The molecule has 0 heterocycles. The Kier molecular flexibility index (Phi) is 5.70. The monoisotopic (exact) mass is 381 g/mol. The van der Waals surface area contributed by atoms with Crippen LogP contribution >= 0.6 is 15.9 Å². The predicted octanol–water partition coefficient (Wildman–Crippen LogP) is 3.39. The fourth-order valence-corrected chi connectivity index (χ4v) is 2.10. The molecule has 0 saturated carbocycles. The second-order valence-corrected chi connectivity index (χ2v) is 5.39. The molecular formula is C16H13BrFNO4. The lowest BCUT2D eigenvalue weighted by Crippen LogP contribution is -2.21. The summed E-state index contributed by atoms with van der Waals surface area (Å²) in [6, 6.07) is 10.5. The maximum absolute atomic E-state index is 13.5. The fraction of sp³-hybridized carbons (Fsp3) is 0.125. The number of rotatable bonds is 5. The average molecular weight is 382 g/mol. The number of ether oxygens (including phenoxy) is 2. The summed E-state index contributed by atoms with van der Waals surface area (Å²) >= 11 is 3.14. The highest BCUT2D eigenvalue weighted by Gasteiger charge is 2.15. The summed E-state index contributed by atoms with van der Waals surface area (Å²) in [5, 5.41) is 2.55. The third kappa shape index (κ3) is 4.79. The van der Waals surface area contributed by atoms with Crippen LogP contribution in [0, 0.1) is 5.82 Å². The number of halogens is 2. The first-order chi connectivity index (χ1) is 11.0. The number of nitrogens with one attached hydrogen (secondary N) is 1. The van der Waals surface area contributed by atoms with Gasteiger partial charge in [-0.15, -0.1) is 0 Å². The first-order valence-electron chi connectivity index (χ1n) is 6.55. The molecule has 0 unspecified atom stereocenters. The maximum atomic E-state index is 13.5. The maximum Gasteiger partial charge on any atom is 0.341 e. The van der Waals surface area contributed by atoms with E-state index in [0.717, 1.165) is 6.07 Å². The third-order valence-electron chi connectivity index (χ3n) is 2.86. The Labute approximate surface area is 140 Å². The van der Waals surface area contributed by atoms with Crippen molar-refractivity contribution >= 4 is 33.5 Å². The Morgan fingerprint density at radius 1 is 1.17 bits per heavy atom. The van der Waals surface area contributed by atoms with Crippen molar-refractivity contribution in [3.8, 4) is 5.75 Å². The quantitative estimate of drug-likeness (QED) is 0.806. The van der Waals surface area contributed by atoms with Gasteiger partial charge in [-0.05, 0) is 42.5 Å². The standard InChI is InChI=1S/C16H13BrFNO4/c1-22-12-5-3-11(4-6-12)19-15(20)9-23-16(21)13-8-10(17)2-7-14(13)18/h2-8H,9H2,1H3,(H,19,20). The van der Waals surface area contributed by atoms with Gasteiger partial charge >= 0.3 is 5.97 Å². The van der Waals surface area contributed by atoms with Gasteiger partial charge in [0, 0.05) is 10.2 Å². The van der Waals surface area contributed by atoms with Crippen LogP contribution in [0.3, 0.4) is 0 Å². The van der Waals surface area contributed by atoms with E-state index < -0.39 is 24.3 Å². The normalized spacial score (nSPS) is 10.0. The molecule has 0 aliphatic heterocycles. The lowest BCUT2D eigenvalue weighted by Gasteiger charge is -2.08. The van der Waals surface area contributed by atoms with E-state index >= 15 is 0 Å². The van der Waals surface area contributed by atoms with Gasteiger partial charge in [-0.2, -0.15) is 0 Å². The highest BCUT2D eigenvalue weighted by atomic mass is 79.9. The summed E-state index contributed by atoms with van der Waals surface area (Å²) in [5.74, 6) is -1.50. The summed E-state index contributed by atoms with van der Waals surface area (Å²) in [5.41, 5.74) is 0.289. The molecule has 120 valence electrons. The number of anilines is 1. The van der Waals surface area contributed by atoms with Crippen molar-refractivity contribution in [3.63, 3.8) is 0 Å². The molecule has 0 fully saturated rings. The molecule has 0 spiro atoms. The highest BCUT2D eigenvalue weighted by molar-refractivity contribution is 9.10. The Morgan fingerprint density at radius 3 is 2.52 bits per heavy atom. The van der Waals surface area contributed by atoms with Crippen molar-refractivity contribution in [3.05, 3.63) is 58.3 Å². The molecule has 0 aliphatic rings. The van der Waals surface area contributed by atoms with E-state index in [1.54, 1.807) is 24.3 Å². The fourth-order valence-electron chi connectivity index (χ4n) is 1.73. The summed E-state index contributed by atoms with van der Waals surface area (Å²) in [7, 11) is 1.54. The van der Waals surface area contributed by atoms with Crippen LogP contribution in [0.1, 0.15) is 10.4 Å². The van der Waals surface area contributed by atoms with E-state index in [2.05, 4.69) is 21.2 Å². The van der Waals surface area contributed by atoms with Crippen LogP contribution in [0.4, 0.5) is 10.1 Å². The van der Waals surface area contributed by atoms with E-state index in [1.807, 2.05) is 0 Å². The summed E-state index contributed by atoms with van der Waals surface area (Å²) in [4.78, 5) is 23.5. The van der Waals surface area contributed by atoms with Crippen molar-refractivity contribution < 1.29 is 23.5 Å². The van der Waals surface area contributed by atoms with Crippen LogP contribution < -0.4 is 10.1 Å². The highest BCUT2D eigenvalue weighted by Crippen LogP contribution is 2.17. The molecule has 2 rings (SSSR count). The lowest BCUT2D eigenvalue weighted by molar-refractivity contribution is -0.119. The predicted molar refractivity (Wildman–Crippen MR) is 86.0 cm³/mol. The van der Waals surface area contributed by atoms with Crippen LogP contribution in [0.25, 0.3) is 0 Å². The average Bonchev–Trinajstić information content (AvgIpc) is 2.55. The molecule has 0 saturated heterocycles. The second-order valence-electron chi connectivity index (χ2n) is 4.48. The minimum atomic E-state index is -0.909. The zero-order chi connectivity index (χ0) is 16.8. The smallest absolute Gasteiger partial charge is 0.341 e. The van der Waals surface area contributed by atoms with Gasteiger partial charge in [0.05, 0.1) is 12.7 Å². The van der Waals surface area contributed by atoms with Crippen LogP contribution in [-0.2, 0) is 9.53 Å². The van der Waals surface area contributed by atoms with Gasteiger partial charge in [-0.1, -0.05) is 15.9 Å². The number of methoxy groups -OCH3 is 1. The Balaban J connectivity index is 1.90. The SMILES string of the molecule is COc1ccc(NC(=O)COC(=O)c2cc(Br)ccc2F)cc1. The Morgan fingerprint density at radius 2 is 1.87 bits per heavy atom. The zero-order valence-corrected chi connectivity index (χ0v) is 13.7. The number of hydrogen-bond donors (Lipinski definition) is 1. The van der Waals surface area contributed by atoms with Crippen LogP contribution in [0.5, 0.6) is 5.75 Å². The molecule has 2 aromatic rings. The molecule has 5 nitrogen and oxygen atoms in total. The second kappa shape index (κ2) is 7.73. The zero-order valence-electron chi connectivity index (χ0n) is 12.1. The number of amides is 1. The largest absolute Gasteiger partial charge is 0.497 e. The first kappa shape index (κ1) is 17.0. The Hall–Kier alpha value is -2.41. The number of carbonyl (C=O) groups is 2. The molecule has 0 atom stereocenters. The van der Waals surface area contributed by atoms with Crippen molar-refractivity contribution in [2.24, 2.45) is 0 Å². The van der Waals surface area contributed by atoms with Crippen molar-refractivity contribution in [2.75, 3.05) is 19.0 Å². The molecule has 7 heteroatoms. The first-order valence-corrected chi connectivity index (χ1v) is 7.35. The summed E-state index contributed by atoms with van der Waals surface area (Å²) in [6.07, 6.45) is 0. The molecular weight excluding hydrogens is 369 g/mol. The minimum Gasteiger partial charge on any atom is -0.497 e. The molecule has 1 amide bonds.